The summed E-state index contributed by atoms with van der Waals surface area (Å²) in [5, 5.41) is 0. The number of unbranched alkanes of at least 4 members (excludes halogenated alkanes) is 1. The first-order chi connectivity index (χ1) is 18.0. The van der Waals surface area contributed by atoms with E-state index >= 15 is 0 Å². The van der Waals surface area contributed by atoms with Crippen molar-refractivity contribution in [1.29, 1.82) is 0 Å². The Labute approximate surface area is 218 Å². The maximum atomic E-state index is 13.1. The molecule has 3 aromatic carbocycles. The van der Waals surface area contributed by atoms with Crippen LogP contribution in [0, 0.1) is 13.8 Å². The topological polar surface area (TPSA) is 56.6 Å². The minimum atomic E-state index is 0.0287. The van der Waals surface area contributed by atoms with Crippen molar-refractivity contribution in [3.63, 3.8) is 0 Å². The molecule has 1 saturated heterocycles. The average molecular weight is 498 g/mol. The SMILES string of the molecule is CCOc1ccccc1N1C[C@H](c2nc3ccccc3n2CCCCOc2ccc(C)cc2C)CC1=O. The van der Waals surface area contributed by atoms with Gasteiger partial charge in [0.25, 0.3) is 0 Å². The summed E-state index contributed by atoms with van der Waals surface area (Å²) in [5.74, 6) is 2.83. The van der Waals surface area contributed by atoms with Crippen molar-refractivity contribution in [3.8, 4) is 11.5 Å². The predicted molar refractivity (Wildman–Crippen MR) is 148 cm³/mol. The molecule has 0 unspecified atom stereocenters. The minimum absolute atomic E-state index is 0.0287. The molecule has 1 aliphatic rings. The third kappa shape index (κ3) is 5.33. The van der Waals surface area contributed by atoms with Gasteiger partial charge >= 0.3 is 0 Å². The van der Waals surface area contributed by atoms with E-state index in [1.165, 1.54) is 11.1 Å². The van der Waals surface area contributed by atoms with Crippen molar-refractivity contribution in [3.05, 3.63) is 83.7 Å². The van der Waals surface area contributed by atoms with Crippen LogP contribution in [0.2, 0.25) is 0 Å². The Hall–Kier alpha value is -3.80. The molecule has 1 amide bonds. The van der Waals surface area contributed by atoms with Crippen LogP contribution in [0.5, 0.6) is 11.5 Å². The summed E-state index contributed by atoms with van der Waals surface area (Å²) in [5.41, 5.74) is 5.35. The number of nitrogens with zero attached hydrogens (tertiary/aromatic N) is 3. The second kappa shape index (κ2) is 11.1. The number of aromatic nitrogens is 2. The van der Waals surface area contributed by atoms with Gasteiger partial charge in [-0.15, -0.1) is 0 Å². The van der Waals surface area contributed by atoms with E-state index in [-0.39, 0.29) is 11.8 Å². The highest BCUT2D eigenvalue weighted by atomic mass is 16.5. The van der Waals surface area contributed by atoms with E-state index in [2.05, 4.69) is 54.8 Å². The van der Waals surface area contributed by atoms with Crippen molar-refractivity contribution in [2.45, 2.75) is 52.5 Å². The van der Waals surface area contributed by atoms with E-state index in [1.807, 2.05) is 42.2 Å². The Balaban J connectivity index is 1.30. The Morgan fingerprint density at radius 2 is 1.76 bits per heavy atom. The van der Waals surface area contributed by atoms with Gasteiger partial charge in [-0.05, 0) is 69.5 Å². The molecule has 192 valence electrons. The van der Waals surface area contributed by atoms with Crippen LogP contribution in [0.25, 0.3) is 11.0 Å². The number of rotatable bonds is 10. The van der Waals surface area contributed by atoms with Crippen LogP contribution in [-0.4, -0.2) is 35.2 Å². The number of benzene rings is 3. The van der Waals surface area contributed by atoms with Gasteiger partial charge in [0.05, 0.1) is 29.9 Å². The molecule has 37 heavy (non-hydrogen) atoms. The number of imidazole rings is 1. The third-order valence-electron chi connectivity index (χ3n) is 6.99. The van der Waals surface area contributed by atoms with Gasteiger partial charge < -0.3 is 18.9 Å². The smallest absolute Gasteiger partial charge is 0.227 e. The fourth-order valence-electron chi connectivity index (χ4n) is 5.23. The van der Waals surface area contributed by atoms with E-state index < -0.39 is 0 Å². The molecule has 6 nitrogen and oxygen atoms in total. The lowest BCUT2D eigenvalue weighted by Crippen LogP contribution is -2.25. The van der Waals surface area contributed by atoms with Crippen molar-refractivity contribution < 1.29 is 14.3 Å². The van der Waals surface area contributed by atoms with Crippen LogP contribution in [0.4, 0.5) is 5.69 Å². The summed E-state index contributed by atoms with van der Waals surface area (Å²) in [6.07, 6.45) is 2.35. The number of ether oxygens (including phenoxy) is 2. The quantitative estimate of drug-likeness (QED) is 0.237. The number of fused-ring (bicyclic) bond motifs is 1. The number of anilines is 1. The summed E-state index contributed by atoms with van der Waals surface area (Å²) in [7, 11) is 0. The van der Waals surface area contributed by atoms with E-state index in [0.29, 0.717) is 26.2 Å². The molecular weight excluding hydrogens is 462 g/mol. The highest BCUT2D eigenvalue weighted by Gasteiger charge is 2.35. The molecule has 0 bridgehead atoms. The Bertz CT molecular complexity index is 1390. The average Bonchev–Trinajstić information content (AvgIpc) is 3.46. The standard InChI is InChI=1S/C31H35N3O3/c1-4-36-29-14-8-7-13-27(29)34-21-24(20-30(34)35)31-32-25-11-5-6-12-26(25)33(31)17-9-10-18-37-28-16-15-22(2)19-23(28)3/h5-8,11-16,19,24H,4,9-10,17-18,20-21H2,1-3H3/t24-/m1/s1. The first-order valence-corrected chi connectivity index (χ1v) is 13.2. The van der Waals surface area contributed by atoms with Crippen molar-refractivity contribution in [1.82, 2.24) is 9.55 Å². The fraction of sp³-hybridized carbons (Fsp3) is 0.355. The molecule has 6 heteroatoms. The molecule has 0 radical (unpaired) electrons. The first-order valence-electron chi connectivity index (χ1n) is 13.2. The van der Waals surface area contributed by atoms with E-state index in [0.717, 1.165) is 53.4 Å². The van der Waals surface area contributed by atoms with Crippen LogP contribution >= 0.6 is 0 Å². The highest BCUT2D eigenvalue weighted by Crippen LogP contribution is 2.37. The highest BCUT2D eigenvalue weighted by molar-refractivity contribution is 5.97. The van der Waals surface area contributed by atoms with Gasteiger partial charge in [0, 0.05) is 25.4 Å². The lowest BCUT2D eigenvalue weighted by atomic mass is 10.1. The Morgan fingerprint density at radius 1 is 0.946 bits per heavy atom. The Kier molecular flexibility index (Phi) is 7.45. The molecule has 1 aliphatic heterocycles. The van der Waals surface area contributed by atoms with Gasteiger partial charge in [0.15, 0.2) is 0 Å². The van der Waals surface area contributed by atoms with Crippen LogP contribution < -0.4 is 14.4 Å². The fourth-order valence-corrected chi connectivity index (χ4v) is 5.23. The molecule has 0 N–H and O–H groups in total. The summed E-state index contributed by atoms with van der Waals surface area (Å²) >= 11 is 0. The first kappa shape index (κ1) is 24.9. The zero-order valence-corrected chi connectivity index (χ0v) is 21.9. The van der Waals surface area contributed by atoms with E-state index in [4.69, 9.17) is 14.5 Å². The molecule has 0 spiro atoms. The maximum Gasteiger partial charge on any atom is 0.227 e. The second-order valence-electron chi connectivity index (χ2n) is 9.74. The van der Waals surface area contributed by atoms with Gasteiger partial charge in [0.2, 0.25) is 5.91 Å². The van der Waals surface area contributed by atoms with Gasteiger partial charge in [-0.1, -0.05) is 42.0 Å². The third-order valence-corrected chi connectivity index (χ3v) is 6.99. The van der Waals surface area contributed by atoms with Gasteiger partial charge in [0.1, 0.15) is 17.3 Å². The number of carbonyl (C=O) groups is 1. The molecule has 4 aromatic rings. The minimum Gasteiger partial charge on any atom is -0.493 e. The number of carbonyl (C=O) groups excluding carboxylic acids is 1. The van der Waals surface area contributed by atoms with E-state index in [9.17, 15) is 4.79 Å². The van der Waals surface area contributed by atoms with Gasteiger partial charge in [-0.2, -0.15) is 0 Å². The molecule has 1 aromatic heterocycles. The predicted octanol–water partition coefficient (Wildman–Crippen LogP) is 6.43. The van der Waals surface area contributed by atoms with Crippen LogP contribution in [-0.2, 0) is 11.3 Å². The summed E-state index contributed by atoms with van der Waals surface area (Å²) in [6, 6.07) is 22.3. The largest absolute Gasteiger partial charge is 0.493 e. The van der Waals surface area contributed by atoms with E-state index in [1.54, 1.807) is 0 Å². The monoisotopic (exact) mass is 497 g/mol. The number of hydrogen-bond acceptors (Lipinski definition) is 4. The maximum absolute atomic E-state index is 13.1. The number of hydrogen-bond donors (Lipinski definition) is 0. The van der Waals surface area contributed by atoms with Gasteiger partial charge in [-0.25, -0.2) is 4.98 Å². The number of para-hydroxylation sites is 4. The van der Waals surface area contributed by atoms with Crippen LogP contribution in [0.1, 0.15) is 49.1 Å². The normalized spacial score (nSPS) is 15.5. The molecule has 5 rings (SSSR count). The Morgan fingerprint density at radius 3 is 2.59 bits per heavy atom. The molecule has 0 saturated carbocycles. The molecular formula is C31H35N3O3. The molecule has 2 heterocycles. The van der Waals surface area contributed by atoms with Gasteiger partial charge in [-0.3, -0.25) is 4.79 Å². The molecule has 1 fully saturated rings. The summed E-state index contributed by atoms with van der Waals surface area (Å²) < 4.78 is 14.2. The number of aryl methyl sites for hydroxylation is 3. The number of amides is 1. The summed E-state index contributed by atoms with van der Waals surface area (Å²) in [6.45, 7) is 8.82. The second-order valence-corrected chi connectivity index (χ2v) is 9.74. The van der Waals surface area contributed by atoms with Crippen LogP contribution in [0.3, 0.4) is 0 Å². The zero-order chi connectivity index (χ0) is 25.8. The van der Waals surface area contributed by atoms with Crippen molar-refractivity contribution in [2.24, 2.45) is 0 Å². The van der Waals surface area contributed by atoms with Crippen molar-refractivity contribution >= 4 is 22.6 Å². The lowest BCUT2D eigenvalue weighted by Gasteiger charge is -2.20. The molecule has 1 atom stereocenters. The lowest BCUT2D eigenvalue weighted by molar-refractivity contribution is -0.117. The van der Waals surface area contributed by atoms with Crippen LogP contribution in [0.15, 0.2) is 66.7 Å². The van der Waals surface area contributed by atoms with Crippen molar-refractivity contribution in [2.75, 3.05) is 24.7 Å². The molecule has 0 aliphatic carbocycles. The zero-order valence-electron chi connectivity index (χ0n) is 21.9. The summed E-state index contributed by atoms with van der Waals surface area (Å²) in [4.78, 5) is 20.0.